The minimum atomic E-state index is -0.836. The van der Waals surface area contributed by atoms with Gasteiger partial charge in [-0.3, -0.25) is 9.59 Å². The van der Waals surface area contributed by atoms with Gasteiger partial charge in [0.1, 0.15) is 0 Å². The number of fused-ring (bicyclic) bond motifs is 2. The molecule has 2 bridgehead atoms. The van der Waals surface area contributed by atoms with Gasteiger partial charge in [-0.25, -0.2) is 0 Å². The summed E-state index contributed by atoms with van der Waals surface area (Å²) in [5.74, 6) is -0.274. The third-order valence-electron chi connectivity index (χ3n) is 4.08. The van der Waals surface area contributed by atoms with Gasteiger partial charge in [-0.15, -0.1) is 0 Å². The lowest BCUT2D eigenvalue weighted by atomic mass is 9.87. The number of nitrogens with two attached hydrogens (primary N) is 1. The minimum absolute atomic E-state index is 0.0627. The summed E-state index contributed by atoms with van der Waals surface area (Å²) >= 11 is 0. The SMILES string of the molecule is CC(CC(=O)O)CC(=O)N1CC2CC(N)CC1C2. The van der Waals surface area contributed by atoms with Crippen molar-refractivity contribution in [3.8, 4) is 0 Å². The number of aliphatic carboxylic acids is 1. The second-order valence-electron chi connectivity index (χ2n) is 5.94. The van der Waals surface area contributed by atoms with Crippen molar-refractivity contribution in [2.45, 2.75) is 51.1 Å². The Morgan fingerprint density at radius 2 is 2.06 bits per heavy atom. The van der Waals surface area contributed by atoms with Crippen molar-refractivity contribution in [1.82, 2.24) is 4.90 Å². The van der Waals surface area contributed by atoms with Crippen LogP contribution in [0.5, 0.6) is 0 Å². The molecular formula is C13H22N2O3. The molecule has 102 valence electrons. The number of nitrogens with zero attached hydrogens (tertiary/aromatic N) is 1. The van der Waals surface area contributed by atoms with E-state index >= 15 is 0 Å². The second kappa shape index (κ2) is 5.26. The number of rotatable bonds is 4. The third kappa shape index (κ3) is 3.02. The number of carbonyl (C=O) groups excluding carboxylic acids is 1. The fourth-order valence-corrected chi connectivity index (χ4v) is 3.37. The van der Waals surface area contributed by atoms with Crippen LogP contribution in [0, 0.1) is 11.8 Å². The van der Waals surface area contributed by atoms with Crippen molar-refractivity contribution in [1.29, 1.82) is 0 Å². The minimum Gasteiger partial charge on any atom is -0.481 e. The van der Waals surface area contributed by atoms with Crippen molar-refractivity contribution in [3.05, 3.63) is 0 Å². The van der Waals surface area contributed by atoms with Crippen LogP contribution in [0.3, 0.4) is 0 Å². The lowest BCUT2D eigenvalue weighted by Crippen LogP contribution is -2.39. The quantitative estimate of drug-likeness (QED) is 0.778. The number of carboxylic acids is 1. The van der Waals surface area contributed by atoms with Crippen LogP contribution in [-0.2, 0) is 9.59 Å². The van der Waals surface area contributed by atoms with E-state index < -0.39 is 5.97 Å². The van der Waals surface area contributed by atoms with Gasteiger partial charge in [0, 0.05) is 31.5 Å². The standard InChI is InChI=1S/C13H22N2O3/c1-8(3-13(17)18)2-12(16)15-7-9-4-10(14)6-11(15)5-9/h8-11H,2-7,14H2,1H3,(H,17,18). The normalized spacial score (nSPS) is 32.3. The summed E-state index contributed by atoms with van der Waals surface area (Å²) in [5, 5.41) is 8.71. The molecule has 0 radical (unpaired) electrons. The molecular weight excluding hydrogens is 232 g/mol. The molecule has 1 saturated heterocycles. The fourth-order valence-electron chi connectivity index (χ4n) is 3.37. The van der Waals surface area contributed by atoms with Gasteiger partial charge in [0.2, 0.25) is 5.91 Å². The zero-order valence-corrected chi connectivity index (χ0v) is 10.8. The summed E-state index contributed by atoms with van der Waals surface area (Å²) < 4.78 is 0. The summed E-state index contributed by atoms with van der Waals surface area (Å²) in [5.41, 5.74) is 5.97. The van der Waals surface area contributed by atoms with Gasteiger partial charge < -0.3 is 15.7 Å². The van der Waals surface area contributed by atoms with E-state index in [0.717, 1.165) is 25.8 Å². The van der Waals surface area contributed by atoms with E-state index in [1.54, 1.807) is 0 Å². The van der Waals surface area contributed by atoms with E-state index in [1.165, 1.54) is 0 Å². The average Bonchev–Trinajstić information content (AvgIpc) is 2.52. The molecule has 4 unspecified atom stereocenters. The molecule has 1 saturated carbocycles. The molecule has 5 nitrogen and oxygen atoms in total. The van der Waals surface area contributed by atoms with Crippen molar-refractivity contribution >= 4 is 11.9 Å². The van der Waals surface area contributed by atoms with E-state index in [4.69, 9.17) is 10.8 Å². The van der Waals surface area contributed by atoms with Crippen molar-refractivity contribution in [3.63, 3.8) is 0 Å². The molecule has 3 N–H and O–H groups in total. The molecule has 4 atom stereocenters. The van der Waals surface area contributed by atoms with Crippen molar-refractivity contribution in [2.24, 2.45) is 17.6 Å². The highest BCUT2D eigenvalue weighted by molar-refractivity contribution is 5.78. The Labute approximate surface area is 107 Å². The predicted octanol–water partition coefficient (Wildman–Crippen LogP) is 0.825. The molecule has 2 rings (SSSR count). The Kier molecular flexibility index (Phi) is 3.90. The Morgan fingerprint density at radius 3 is 2.72 bits per heavy atom. The Hall–Kier alpha value is -1.10. The first-order chi connectivity index (χ1) is 8.45. The maximum Gasteiger partial charge on any atom is 0.303 e. The van der Waals surface area contributed by atoms with Crippen LogP contribution < -0.4 is 5.73 Å². The first-order valence-electron chi connectivity index (χ1n) is 6.72. The van der Waals surface area contributed by atoms with Gasteiger partial charge in [0.15, 0.2) is 0 Å². The molecule has 18 heavy (non-hydrogen) atoms. The van der Waals surface area contributed by atoms with Crippen molar-refractivity contribution in [2.75, 3.05) is 6.54 Å². The molecule has 1 aliphatic carbocycles. The van der Waals surface area contributed by atoms with Crippen molar-refractivity contribution < 1.29 is 14.7 Å². The summed E-state index contributed by atoms with van der Waals surface area (Å²) in [7, 11) is 0. The second-order valence-corrected chi connectivity index (χ2v) is 5.94. The van der Waals surface area contributed by atoms with E-state index in [9.17, 15) is 9.59 Å². The zero-order chi connectivity index (χ0) is 13.3. The molecule has 1 heterocycles. The molecule has 0 aromatic heterocycles. The van der Waals surface area contributed by atoms with Gasteiger partial charge in [0.25, 0.3) is 0 Å². The van der Waals surface area contributed by atoms with Crippen LogP contribution in [0.2, 0.25) is 0 Å². The number of hydrogen-bond donors (Lipinski definition) is 2. The number of carboxylic acid groups (broad SMARTS) is 1. The van der Waals surface area contributed by atoms with Crippen LogP contribution in [0.15, 0.2) is 0 Å². The third-order valence-corrected chi connectivity index (χ3v) is 4.08. The molecule has 0 aromatic rings. The lowest BCUT2D eigenvalue weighted by Gasteiger charge is -2.28. The molecule has 0 aromatic carbocycles. The van der Waals surface area contributed by atoms with Crippen LogP contribution >= 0.6 is 0 Å². The fraction of sp³-hybridized carbons (Fsp3) is 0.846. The Morgan fingerprint density at radius 1 is 1.33 bits per heavy atom. The van der Waals surface area contributed by atoms with E-state index in [0.29, 0.717) is 18.4 Å². The van der Waals surface area contributed by atoms with Gasteiger partial charge in [-0.1, -0.05) is 6.92 Å². The van der Waals surface area contributed by atoms with E-state index in [-0.39, 0.29) is 24.3 Å². The molecule has 1 aliphatic heterocycles. The van der Waals surface area contributed by atoms with Crippen LogP contribution in [-0.4, -0.2) is 40.5 Å². The average molecular weight is 254 g/mol. The maximum atomic E-state index is 12.2. The van der Waals surface area contributed by atoms with E-state index in [2.05, 4.69) is 0 Å². The first-order valence-corrected chi connectivity index (χ1v) is 6.72. The summed E-state index contributed by atoms with van der Waals surface area (Å²) in [6.45, 7) is 2.64. The number of likely N-dealkylation sites (tertiary alicyclic amines) is 1. The maximum absolute atomic E-state index is 12.2. The lowest BCUT2D eigenvalue weighted by molar-refractivity contribution is -0.138. The Bertz CT molecular complexity index is 345. The van der Waals surface area contributed by atoms with Crippen LogP contribution in [0.1, 0.15) is 39.0 Å². The van der Waals surface area contributed by atoms with Crippen LogP contribution in [0.25, 0.3) is 0 Å². The highest BCUT2D eigenvalue weighted by Gasteiger charge is 2.40. The zero-order valence-electron chi connectivity index (χ0n) is 10.8. The smallest absolute Gasteiger partial charge is 0.303 e. The van der Waals surface area contributed by atoms with Gasteiger partial charge in [-0.2, -0.15) is 0 Å². The first kappa shape index (κ1) is 13.3. The Balaban J connectivity index is 1.88. The summed E-state index contributed by atoms with van der Waals surface area (Å²) in [6.07, 6.45) is 3.39. The largest absolute Gasteiger partial charge is 0.481 e. The summed E-state index contributed by atoms with van der Waals surface area (Å²) in [4.78, 5) is 24.7. The molecule has 2 aliphatic rings. The highest BCUT2D eigenvalue weighted by atomic mass is 16.4. The number of hydrogen-bond acceptors (Lipinski definition) is 3. The molecule has 1 amide bonds. The monoisotopic (exact) mass is 254 g/mol. The van der Waals surface area contributed by atoms with Gasteiger partial charge in [-0.05, 0) is 31.1 Å². The highest BCUT2D eigenvalue weighted by Crippen LogP contribution is 2.35. The van der Waals surface area contributed by atoms with Gasteiger partial charge >= 0.3 is 5.97 Å². The molecule has 2 fully saturated rings. The number of amides is 1. The van der Waals surface area contributed by atoms with E-state index in [1.807, 2.05) is 11.8 Å². The topological polar surface area (TPSA) is 83.6 Å². The number of carbonyl (C=O) groups is 2. The summed E-state index contributed by atoms with van der Waals surface area (Å²) in [6, 6.07) is 0.520. The molecule has 5 heteroatoms. The predicted molar refractivity (Wildman–Crippen MR) is 66.9 cm³/mol. The van der Waals surface area contributed by atoms with Crippen LogP contribution in [0.4, 0.5) is 0 Å². The molecule has 0 spiro atoms. The van der Waals surface area contributed by atoms with Gasteiger partial charge in [0.05, 0.1) is 0 Å².